The topological polar surface area (TPSA) is 15.7 Å². The van der Waals surface area contributed by atoms with Crippen LogP contribution in [-0.4, -0.2) is 49.8 Å². The van der Waals surface area contributed by atoms with Crippen molar-refractivity contribution in [2.45, 2.75) is 17.5 Å². The quantitative estimate of drug-likeness (QED) is 0.607. The van der Waals surface area contributed by atoms with Crippen LogP contribution in [0.15, 0.2) is 53.4 Å². The number of nitrogens with zero attached hydrogens (tertiary/aromatic N) is 2. The molecule has 2 aliphatic heterocycles. The Balaban J connectivity index is 0.00000140. The van der Waals surface area contributed by atoms with E-state index in [9.17, 15) is 0 Å². The molecule has 0 N–H and O–H groups in total. The first-order valence-corrected chi connectivity index (χ1v) is 10.6. The summed E-state index contributed by atoms with van der Waals surface area (Å²) in [5, 5.41) is 0. The summed E-state index contributed by atoms with van der Waals surface area (Å²) in [4.78, 5) is 6.53. The lowest BCUT2D eigenvalue weighted by Gasteiger charge is -2.27. The third-order valence-corrected chi connectivity index (χ3v) is 6.74. The van der Waals surface area contributed by atoms with E-state index in [-0.39, 0.29) is 24.8 Å². The largest absolute Gasteiger partial charge is 0.497 e. The van der Waals surface area contributed by atoms with Crippen molar-refractivity contribution < 1.29 is 4.74 Å². The zero-order chi connectivity index (χ0) is 18.1. The number of thioether (sulfide) groups is 1. The number of methoxy groups -OCH3 is 1. The first kappa shape index (κ1) is 23.4. The molecule has 4 rings (SSSR count). The van der Waals surface area contributed by atoms with Crippen LogP contribution in [0.4, 0.5) is 0 Å². The first-order chi connectivity index (χ1) is 12.7. The molecule has 2 aromatic rings. The Kier molecular flexibility index (Phi) is 8.53. The van der Waals surface area contributed by atoms with Gasteiger partial charge in [0.05, 0.1) is 7.11 Å². The molecular formula is C22H30Cl2N2OS. The standard InChI is InChI=1S/C22H28N2OS.2ClH/c1-23-13-18-14-24(12-16-4-10-20(26-3)11-5-16)15-21(18)22(23)17-6-8-19(25-2)9-7-17;;/h4-11,18,21-22H,12-15H2,1-3H3;2*1H/t18-,21+,22-;;/m0../s1. The van der Waals surface area contributed by atoms with Gasteiger partial charge in [-0.2, -0.15) is 0 Å². The van der Waals surface area contributed by atoms with E-state index in [0.717, 1.165) is 24.1 Å². The van der Waals surface area contributed by atoms with Crippen LogP contribution in [0, 0.1) is 11.8 Å². The predicted molar refractivity (Wildman–Crippen MR) is 123 cm³/mol. The summed E-state index contributed by atoms with van der Waals surface area (Å²) in [5.74, 6) is 2.43. The number of benzene rings is 2. The number of fused-ring (bicyclic) bond motifs is 1. The smallest absolute Gasteiger partial charge is 0.118 e. The molecule has 3 atom stereocenters. The predicted octanol–water partition coefficient (Wildman–Crippen LogP) is 5.00. The molecule has 3 nitrogen and oxygen atoms in total. The van der Waals surface area contributed by atoms with Gasteiger partial charge in [0, 0.05) is 37.1 Å². The van der Waals surface area contributed by atoms with E-state index in [4.69, 9.17) is 4.74 Å². The molecule has 6 heteroatoms. The van der Waals surface area contributed by atoms with Gasteiger partial charge < -0.3 is 4.74 Å². The van der Waals surface area contributed by atoms with Gasteiger partial charge in [0.15, 0.2) is 0 Å². The molecule has 28 heavy (non-hydrogen) atoms. The van der Waals surface area contributed by atoms with Crippen molar-refractivity contribution in [2.24, 2.45) is 11.8 Å². The van der Waals surface area contributed by atoms with Gasteiger partial charge in [0.2, 0.25) is 0 Å². The minimum Gasteiger partial charge on any atom is -0.497 e. The molecule has 0 aliphatic carbocycles. The Morgan fingerprint density at radius 2 is 1.64 bits per heavy atom. The number of halogens is 2. The molecule has 0 spiro atoms. The minimum atomic E-state index is 0. The van der Waals surface area contributed by atoms with Crippen molar-refractivity contribution in [3.05, 3.63) is 59.7 Å². The molecule has 2 heterocycles. The second kappa shape index (κ2) is 10.2. The fourth-order valence-electron chi connectivity index (χ4n) is 4.77. The molecule has 2 saturated heterocycles. The maximum absolute atomic E-state index is 5.32. The highest BCUT2D eigenvalue weighted by Gasteiger charge is 2.45. The zero-order valence-corrected chi connectivity index (χ0v) is 19.2. The van der Waals surface area contributed by atoms with Gasteiger partial charge >= 0.3 is 0 Å². The van der Waals surface area contributed by atoms with Gasteiger partial charge in [0.25, 0.3) is 0 Å². The number of hydrogen-bond acceptors (Lipinski definition) is 4. The van der Waals surface area contributed by atoms with E-state index in [2.05, 4.69) is 71.6 Å². The average molecular weight is 441 g/mol. The lowest BCUT2D eigenvalue weighted by atomic mass is 9.89. The summed E-state index contributed by atoms with van der Waals surface area (Å²) in [6, 6.07) is 18.2. The fourth-order valence-corrected chi connectivity index (χ4v) is 5.18. The van der Waals surface area contributed by atoms with Gasteiger partial charge in [-0.3, -0.25) is 9.80 Å². The number of ether oxygens (including phenoxy) is 1. The molecule has 0 aromatic heterocycles. The Labute approximate surface area is 185 Å². The van der Waals surface area contributed by atoms with Crippen molar-refractivity contribution >= 4 is 36.6 Å². The van der Waals surface area contributed by atoms with E-state index >= 15 is 0 Å². The van der Waals surface area contributed by atoms with Crippen LogP contribution in [0.5, 0.6) is 5.75 Å². The van der Waals surface area contributed by atoms with Crippen LogP contribution in [0.1, 0.15) is 17.2 Å². The van der Waals surface area contributed by atoms with Gasteiger partial charge in [0.1, 0.15) is 5.75 Å². The third kappa shape index (κ3) is 4.80. The van der Waals surface area contributed by atoms with E-state index in [1.165, 1.54) is 35.7 Å². The third-order valence-electron chi connectivity index (χ3n) is 5.99. The molecular weight excluding hydrogens is 411 g/mol. The average Bonchev–Trinajstić information content (AvgIpc) is 3.18. The molecule has 2 fully saturated rings. The summed E-state index contributed by atoms with van der Waals surface area (Å²) < 4.78 is 5.32. The number of hydrogen-bond donors (Lipinski definition) is 0. The maximum Gasteiger partial charge on any atom is 0.118 e. The number of rotatable bonds is 5. The highest BCUT2D eigenvalue weighted by Crippen LogP contribution is 2.44. The monoisotopic (exact) mass is 440 g/mol. The molecule has 0 radical (unpaired) electrons. The van der Waals surface area contributed by atoms with Crippen molar-refractivity contribution in [3.8, 4) is 5.75 Å². The fraction of sp³-hybridized carbons (Fsp3) is 0.455. The first-order valence-electron chi connectivity index (χ1n) is 9.37. The summed E-state index contributed by atoms with van der Waals surface area (Å²) in [6.07, 6.45) is 2.13. The highest BCUT2D eigenvalue weighted by atomic mass is 35.5. The summed E-state index contributed by atoms with van der Waals surface area (Å²) in [5.41, 5.74) is 2.85. The molecule has 0 amide bonds. The lowest BCUT2D eigenvalue weighted by Crippen LogP contribution is -2.28. The summed E-state index contributed by atoms with van der Waals surface area (Å²) in [6.45, 7) is 4.67. The molecule has 2 aromatic carbocycles. The van der Waals surface area contributed by atoms with Crippen LogP contribution in [0.2, 0.25) is 0 Å². The van der Waals surface area contributed by atoms with Crippen LogP contribution >= 0.6 is 36.6 Å². The van der Waals surface area contributed by atoms with Gasteiger partial charge in [-0.25, -0.2) is 0 Å². The van der Waals surface area contributed by atoms with Gasteiger partial charge in [-0.1, -0.05) is 24.3 Å². The Morgan fingerprint density at radius 3 is 2.25 bits per heavy atom. The van der Waals surface area contributed by atoms with Crippen LogP contribution in [0.25, 0.3) is 0 Å². The Morgan fingerprint density at radius 1 is 0.964 bits per heavy atom. The molecule has 0 unspecified atom stereocenters. The van der Waals surface area contributed by atoms with Gasteiger partial charge in [-0.05, 0) is 60.5 Å². The van der Waals surface area contributed by atoms with E-state index in [1.807, 2.05) is 0 Å². The van der Waals surface area contributed by atoms with E-state index in [1.54, 1.807) is 18.9 Å². The zero-order valence-electron chi connectivity index (χ0n) is 16.7. The van der Waals surface area contributed by atoms with Crippen LogP contribution in [0.3, 0.4) is 0 Å². The maximum atomic E-state index is 5.32. The van der Waals surface area contributed by atoms with Crippen molar-refractivity contribution in [1.29, 1.82) is 0 Å². The minimum absolute atomic E-state index is 0. The Bertz CT molecular complexity index is 741. The molecule has 154 valence electrons. The second-order valence-corrected chi connectivity index (χ2v) is 8.50. The van der Waals surface area contributed by atoms with Gasteiger partial charge in [-0.15, -0.1) is 36.6 Å². The Hall–Kier alpha value is -0.910. The highest BCUT2D eigenvalue weighted by molar-refractivity contribution is 7.98. The number of likely N-dealkylation sites (tertiary alicyclic amines) is 2. The van der Waals surface area contributed by atoms with Crippen molar-refractivity contribution in [3.63, 3.8) is 0 Å². The van der Waals surface area contributed by atoms with Crippen LogP contribution in [-0.2, 0) is 6.54 Å². The summed E-state index contributed by atoms with van der Waals surface area (Å²) in [7, 11) is 4.01. The van der Waals surface area contributed by atoms with Crippen molar-refractivity contribution in [2.75, 3.05) is 40.0 Å². The van der Waals surface area contributed by atoms with Crippen molar-refractivity contribution in [1.82, 2.24) is 9.80 Å². The van der Waals surface area contributed by atoms with Crippen LogP contribution < -0.4 is 4.74 Å². The SMILES string of the molecule is COc1ccc([C@H]2[C@@H]3CN(Cc4ccc(SC)cc4)C[C@@H]3CN2C)cc1.Cl.Cl. The summed E-state index contributed by atoms with van der Waals surface area (Å²) >= 11 is 1.81. The molecule has 0 bridgehead atoms. The normalized spacial score (nSPS) is 24.3. The van der Waals surface area contributed by atoms with E-state index < -0.39 is 0 Å². The molecule has 2 aliphatic rings. The lowest BCUT2D eigenvalue weighted by molar-refractivity contribution is 0.224. The second-order valence-electron chi connectivity index (χ2n) is 7.62. The molecule has 0 saturated carbocycles. The van der Waals surface area contributed by atoms with E-state index in [0.29, 0.717) is 6.04 Å².